The molecule has 1 N–H and O–H groups in total. The Morgan fingerprint density at radius 2 is 2.17 bits per heavy atom. The Morgan fingerprint density at radius 1 is 1.39 bits per heavy atom. The molecule has 94 valence electrons. The van der Waals surface area contributed by atoms with Crippen LogP contribution in [0.1, 0.15) is 5.56 Å². The lowest BCUT2D eigenvalue weighted by Gasteiger charge is -2.06. The zero-order chi connectivity index (χ0) is 12.8. The summed E-state index contributed by atoms with van der Waals surface area (Å²) in [6.45, 7) is 0.743. The molecule has 0 aliphatic rings. The minimum atomic E-state index is -0.0606. The van der Waals surface area contributed by atoms with Crippen molar-refractivity contribution in [1.29, 1.82) is 0 Å². The Balaban J connectivity index is 1.81. The third-order valence-electron chi connectivity index (χ3n) is 2.51. The van der Waals surface area contributed by atoms with Gasteiger partial charge in [0, 0.05) is 18.9 Å². The summed E-state index contributed by atoms with van der Waals surface area (Å²) in [5.41, 5.74) is 1.03. The second kappa shape index (κ2) is 5.86. The molecule has 0 saturated carbocycles. The van der Waals surface area contributed by atoms with Gasteiger partial charge in [0.05, 0.1) is 7.11 Å². The van der Waals surface area contributed by atoms with E-state index in [9.17, 15) is 4.79 Å². The fraction of sp³-hybridized carbons (Fsp3) is 0.231. The van der Waals surface area contributed by atoms with Gasteiger partial charge in [-0.3, -0.25) is 9.48 Å². The Hall–Kier alpha value is -2.30. The van der Waals surface area contributed by atoms with Gasteiger partial charge in [-0.1, -0.05) is 12.1 Å². The first-order valence-electron chi connectivity index (χ1n) is 5.65. The van der Waals surface area contributed by atoms with Gasteiger partial charge in [0.15, 0.2) is 0 Å². The standard InChI is InChI=1S/C13H15N3O2/c1-18-12-5-3-11(4-6-12)9-14-13(17)10-16-8-2-7-15-16/h2-8H,9-10H2,1H3,(H,14,17). The second-order valence-corrected chi connectivity index (χ2v) is 3.83. The molecule has 5 nitrogen and oxygen atoms in total. The highest BCUT2D eigenvalue weighted by Gasteiger charge is 2.02. The number of carbonyl (C=O) groups is 1. The number of rotatable bonds is 5. The number of ether oxygens (including phenoxy) is 1. The molecule has 0 spiro atoms. The number of carbonyl (C=O) groups excluding carboxylic acids is 1. The van der Waals surface area contributed by atoms with Gasteiger partial charge in [-0.15, -0.1) is 0 Å². The summed E-state index contributed by atoms with van der Waals surface area (Å²) < 4.78 is 6.65. The Kier molecular flexibility index (Phi) is 3.96. The van der Waals surface area contributed by atoms with E-state index in [1.807, 2.05) is 24.3 Å². The first kappa shape index (κ1) is 12.2. The van der Waals surface area contributed by atoms with Crippen molar-refractivity contribution in [3.63, 3.8) is 0 Å². The van der Waals surface area contributed by atoms with Crippen molar-refractivity contribution in [2.75, 3.05) is 7.11 Å². The van der Waals surface area contributed by atoms with Crippen molar-refractivity contribution in [2.45, 2.75) is 13.1 Å². The van der Waals surface area contributed by atoms with Crippen LogP contribution in [-0.4, -0.2) is 22.8 Å². The molecule has 5 heteroatoms. The number of nitrogens with one attached hydrogen (secondary N) is 1. The van der Waals surface area contributed by atoms with Gasteiger partial charge in [0.1, 0.15) is 12.3 Å². The van der Waals surface area contributed by atoms with Gasteiger partial charge >= 0.3 is 0 Å². The molecule has 0 fully saturated rings. The van der Waals surface area contributed by atoms with Crippen LogP contribution in [0.3, 0.4) is 0 Å². The number of nitrogens with zero attached hydrogens (tertiary/aromatic N) is 2. The molecule has 1 aromatic heterocycles. The number of methoxy groups -OCH3 is 1. The summed E-state index contributed by atoms with van der Waals surface area (Å²) >= 11 is 0. The van der Waals surface area contributed by atoms with E-state index in [2.05, 4.69) is 10.4 Å². The molecule has 2 aromatic rings. The lowest BCUT2D eigenvalue weighted by atomic mass is 10.2. The predicted molar refractivity (Wildman–Crippen MR) is 67.1 cm³/mol. The zero-order valence-corrected chi connectivity index (χ0v) is 10.2. The van der Waals surface area contributed by atoms with E-state index >= 15 is 0 Å². The monoisotopic (exact) mass is 245 g/mol. The molecule has 0 aliphatic carbocycles. The van der Waals surface area contributed by atoms with E-state index in [-0.39, 0.29) is 12.5 Å². The van der Waals surface area contributed by atoms with Crippen molar-refractivity contribution < 1.29 is 9.53 Å². The summed E-state index contributed by atoms with van der Waals surface area (Å²) in [5.74, 6) is 0.746. The average Bonchev–Trinajstić information content (AvgIpc) is 2.90. The van der Waals surface area contributed by atoms with Crippen molar-refractivity contribution in [1.82, 2.24) is 15.1 Å². The Morgan fingerprint density at radius 3 is 2.78 bits per heavy atom. The largest absolute Gasteiger partial charge is 0.497 e. The summed E-state index contributed by atoms with van der Waals surface area (Å²) in [7, 11) is 1.63. The molecule has 18 heavy (non-hydrogen) atoms. The molecule has 0 bridgehead atoms. The fourth-order valence-corrected chi connectivity index (χ4v) is 1.54. The molecule has 1 heterocycles. The van der Waals surface area contributed by atoms with Crippen molar-refractivity contribution in [3.05, 3.63) is 48.3 Å². The minimum absolute atomic E-state index is 0.0606. The molecular weight excluding hydrogens is 230 g/mol. The zero-order valence-electron chi connectivity index (χ0n) is 10.2. The molecule has 0 atom stereocenters. The minimum Gasteiger partial charge on any atom is -0.497 e. The van der Waals surface area contributed by atoms with E-state index in [1.54, 1.807) is 30.3 Å². The lowest BCUT2D eigenvalue weighted by molar-refractivity contribution is -0.122. The molecule has 1 aromatic carbocycles. The Bertz CT molecular complexity index is 491. The summed E-state index contributed by atoms with van der Waals surface area (Å²) in [4.78, 5) is 11.6. The molecule has 1 amide bonds. The summed E-state index contributed by atoms with van der Waals surface area (Å²) in [6, 6.07) is 9.38. The number of benzene rings is 1. The van der Waals surface area contributed by atoms with Crippen molar-refractivity contribution in [3.8, 4) is 5.75 Å². The number of hydrogen-bond donors (Lipinski definition) is 1. The predicted octanol–water partition coefficient (Wildman–Crippen LogP) is 1.21. The van der Waals surface area contributed by atoms with E-state index in [0.717, 1.165) is 11.3 Å². The van der Waals surface area contributed by atoms with Crippen LogP contribution in [0.2, 0.25) is 0 Å². The smallest absolute Gasteiger partial charge is 0.241 e. The molecule has 0 aliphatic heterocycles. The normalized spacial score (nSPS) is 10.1. The fourth-order valence-electron chi connectivity index (χ4n) is 1.54. The van der Waals surface area contributed by atoms with Crippen LogP contribution in [-0.2, 0) is 17.9 Å². The van der Waals surface area contributed by atoms with Gasteiger partial charge in [-0.05, 0) is 23.8 Å². The first-order chi connectivity index (χ1) is 8.78. The van der Waals surface area contributed by atoms with Crippen LogP contribution in [0.4, 0.5) is 0 Å². The summed E-state index contributed by atoms with van der Waals surface area (Å²) in [6.07, 6.45) is 3.41. The quantitative estimate of drug-likeness (QED) is 0.861. The highest BCUT2D eigenvalue weighted by molar-refractivity contribution is 5.75. The SMILES string of the molecule is COc1ccc(CNC(=O)Cn2cccn2)cc1. The van der Waals surface area contributed by atoms with Crippen LogP contribution in [0.25, 0.3) is 0 Å². The highest BCUT2D eigenvalue weighted by atomic mass is 16.5. The molecule has 2 rings (SSSR count). The maximum Gasteiger partial charge on any atom is 0.241 e. The summed E-state index contributed by atoms with van der Waals surface area (Å²) in [5, 5.41) is 6.81. The Labute approximate surface area is 105 Å². The van der Waals surface area contributed by atoms with E-state index < -0.39 is 0 Å². The van der Waals surface area contributed by atoms with Crippen LogP contribution in [0.15, 0.2) is 42.7 Å². The third kappa shape index (κ3) is 3.35. The molecule has 0 unspecified atom stereocenters. The second-order valence-electron chi connectivity index (χ2n) is 3.83. The number of amides is 1. The van der Waals surface area contributed by atoms with Crippen LogP contribution < -0.4 is 10.1 Å². The van der Waals surface area contributed by atoms with Crippen molar-refractivity contribution in [2.24, 2.45) is 0 Å². The molecule has 0 saturated heterocycles. The van der Waals surface area contributed by atoms with Gasteiger partial charge in [0.25, 0.3) is 0 Å². The van der Waals surface area contributed by atoms with Gasteiger partial charge < -0.3 is 10.1 Å². The molecule has 0 radical (unpaired) electrons. The van der Waals surface area contributed by atoms with E-state index in [1.165, 1.54) is 0 Å². The molecular formula is C13H15N3O2. The van der Waals surface area contributed by atoms with Crippen LogP contribution in [0.5, 0.6) is 5.75 Å². The van der Waals surface area contributed by atoms with Crippen LogP contribution >= 0.6 is 0 Å². The lowest BCUT2D eigenvalue weighted by Crippen LogP contribution is -2.27. The third-order valence-corrected chi connectivity index (χ3v) is 2.51. The first-order valence-corrected chi connectivity index (χ1v) is 5.65. The highest BCUT2D eigenvalue weighted by Crippen LogP contribution is 2.10. The topological polar surface area (TPSA) is 56.1 Å². The van der Waals surface area contributed by atoms with E-state index in [0.29, 0.717) is 6.54 Å². The van der Waals surface area contributed by atoms with Gasteiger partial charge in [-0.2, -0.15) is 5.10 Å². The van der Waals surface area contributed by atoms with Gasteiger partial charge in [-0.25, -0.2) is 0 Å². The van der Waals surface area contributed by atoms with Gasteiger partial charge in [0.2, 0.25) is 5.91 Å². The van der Waals surface area contributed by atoms with E-state index in [4.69, 9.17) is 4.74 Å². The number of aromatic nitrogens is 2. The van der Waals surface area contributed by atoms with Crippen molar-refractivity contribution >= 4 is 5.91 Å². The van der Waals surface area contributed by atoms with Crippen LogP contribution in [0, 0.1) is 0 Å². The number of hydrogen-bond acceptors (Lipinski definition) is 3. The average molecular weight is 245 g/mol. The maximum absolute atomic E-state index is 11.6. The maximum atomic E-state index is 11.6.